The Kier molecular flexibility index (Phi) is 5.45. The number of halogens is 3. The minimum Gasteiger partial charge on any atom is -0.484 e. The number of anilines is 1. The van der Waals surface area contributed by atoms with Gasteiger partial charge in [-0.1, -0.05) is 0 Å². The number of carbonyl (C=O) groups excluding carboxylic acids is 1. The molecule has 0 atom stereocenters. The maximum absolute atomic E-state index is 13.0. The normalized spacial score (nSPS) is 11.3. The second-order valence-electron chi connectivity index (χ2n) is 6.23. The van der Waals surface area contributed by atoms with Gasteiger partial charge in [-0.2, -0.15) is 13.2 Å². The summed E-state index contributed by atoms with van der Waals surface area (Å²) in [4.78, 5) is 33.1. The van der Waals surface area contributed by atoms with E-state index in [0.29, 0.717) is 23.1 Å². The average Bonchev–Trinajstić information content (AvgIpc) is 2.65. The van der Waals surface area contributed by atoms with Crippen LogP contribution in [0.15, 0.2) is 51.7 Å². The number of benzene rings is 2. The molecule has 0 aliphatic rings. The fraction of sp³-hybridized carbons (Fsp3) is 0.158. The van der Waals surface area contributed by atoms with Crippen molar-refractivity contribution in [1.29, 1.82) is 0 Å². The number of hydrogen-bond donors (Lipinski definition) is 1. The second-order valence-corrected chi connectivity index (χ2v) is 6.23. The number of nitro benzene ring substituents is 1. The van der Waals surface area contributed by atoms with Crippen molar-refractivity contribution < 1.29 is 32.0 Å². The van der Waals surface area contributed by atoms with E-state index in [0.717, 1.165) is 6.07 Å². The van der Waals surface area contributed by atoms with Gasteiger partial charge in [0.15, 0.2) is 6.61 Å². The first-order chi connectivity index (χ1) is 14.0. The van der Waals surface area contributed by atoms with Crippen LogP contribution in [-0.4, -0.2) is 17.4 Å². The van der Waals surface area contributed by atoms with E-state index in [-0.39, 0.29) is 17.0 Å². The van der Waals surface area contributed by atoms with Gasteiger partial charge in [-0.3, -0.25) is 14.9 Å². The van der Waals surface area contributed by atoms with Gasteiger partial charge in [-0.15, -0.1) is 0 Å². The summed E-state index contributed by atoms with van der Waals surface area (Å²) in [6, 6.07) is 8.03. The number of amides is 1. The summed E-state index contributed by atoms with van der Waals surface area (Å²) in [5.41, 5.74) is -2.47. The quantitative estimate of drug-likeness (QED) is 0.377. The largest absolute Gasteiger partial charge is 0.484 e. The third-order valence-electron chi connectivity index (χ3n) is 4.08. The number of hydrogen-bond acceptors (Lipinski definition) is 6. The zero-order valence-corrected chi connectivity index (χ0v) is 15.3. The number of aryl methyl sites for hydroxylation is 1. The number of nitrogens with zero attached hydrogens (tertiary/aromatic N) is 1. The third kappa shape index (κ3) is 4.57. The topological polar surface area (TPSA) is 112 Å². The molecule has 0 saturated heterocycles. The Bertz CT molecular complexity index is 1200. The summed E-state index contributed by atoms with van der Waals surface area (Å²) in [6.45, 7) is 1.17. The zero-order valence-electron chi connectivity index (χ0n) is 15.3. The second kappa shape index (κ2) is 7.85. The van der Waals surface area contributed by atoms with Crippen molar-refractivity contribution in [3.63, 3.8) is 0 Å². The van der Waals surface area contributed by atoms with Gasteiger partial charge in [0.25, 0.3) is 11.6 Å². The van der Waals surface area contributed by atoms with Gasteiger partial charge in [-0.05, 0) is 36.8 Å². The number of carbonyl (C=O) groups is 1. The molecule has 3 aromatic rings. The summed E-state index contributed by atoms with van der Waals surface area (Å²) in [7, 11) is 0. The van der Waals surface area contributed by atoms with E-state index in [9.17, 15) is 32.9 Å². The fourth-order valence-corrected chi connectivity index (χ4v) is 2.74. The van der Waals surface area contributed by atoms with Gasteiger partial charge < -0.3 is 14.5 Å². The molecular weight excluding hydrogens is 409 g/mol. The maximum atomic E-state index is 13.0. The molecule has 3 rings (SSSR count). The number of nitrogens with one attached hydrogen (secondary N) is 1. The molecule has 8 nitrogen and oxygen atoms in total. The summed E-state index contributed by atoms with van der Waals surface area (Å²) in [6.07, 6.45) is -4.97. The number of rotatable bonds is 5. The molecule has 11 heteroatoms. The smallest absolute Gasteiger partial charge is 0.423 e. The van der Waals surface area contributed by atoms with Crippen LogP contribution in [-0.2, 0) is 11.0 Å². The maximum Gasteiger partial charge on any atom is 0.423 e. The molecular formula is C19H13F3N2O6. The molecule has 0 unspecified atom stereocenters. The summed E-state index contributed by atoms with van der Waals surface area (Å²) < 4.78 is 49.4. The molecule has 1 aromatic heterocycles. The lowest BCUT2D eigenvalue weighted by Gasteiger charge is -2.11. The third-order valence-corrected chi connectivity index (χ3v) is 4.08. The van der Waals surface area contributed by atoms with Crippen molar-refractivity contribution in [2.75, 3.05) is 11.9 Å². The van der Waals surface area contributed by atoms with Gasteiger partial charge in [0.05, 0.1) is 4.92 Å². The van der Waals surface area contributed by atoms with Crippen molar-refractivity contribution in [2.24, 2.45) is 0 Å². The van der Waals surface area contributed by atoms with Crippen molar-refractivity contribution in [3.8, 4) is 5.75 Å². The van der Waals surface area contributed by atoms with Crippen molar-refractivity contribution in [1.82, 2.24) is 0 Å². The minimum atomic E-state index is -4.97. The Balaban J connectivity index is 1.72. The number of alkyl halides is 3. The van der Waals surface area contributed by atoms with Crippen molar-refractivity contribution in [3.05, 3.63) is 74.1 Å². The van der Waals surface area contributed by atoms with Crippen LogP contribution in [0, 0.1) is 17.0 Å². The molecule has 0 fully saturated rings. The molecule has 0 saturated carbocycles. The number of nitro groups is 1. The standard InChI is InChI=1S/C19H13F3N2O6/c1-10-6-18(26)30-16-8-12(3-4-13(10)16)29-9-17(25)23-11-2-5-15(24(27)28)14(7-11)19(20,21)22/h2-8H,9H2,1H3,(H,23,25). The lowest BCUT2D eigenvalue weighted by Crippen LogP contribution is -2.20. The van der Waals surface area contributed by atoms with Crippen LogP contribution in [0.1, 0.15) is 11.1 Å². The van der Waals surface area contributed by atoms with E-state index >= 15 is 0 Å². The van der Waals surface area contributed by atoms with Gasteiger partial charge in [0.1, 0.15) is 16.9 Å². The van der Waals surface area contributed by atoms with Crippen molar-refractivity contribution >= 4 is 28.3 Å². The SMILES string of the molecule is Cc1cc(=O)oc2cc(OCC(=O)Nc3ccc([N+](=O)[O-])c(C(F)(F)F)c3)ccc12. The highest BCUT2D eigenvalue weighted by Crippen LogP contribution is 2.37. The van der Waals surface area contributed by atoms with Gasteiger partial charge in [-0.25, -0.2) is 4.79 Å². The molecule has 0 bridgehead atoms. The van der Waals surface area contributed by atoms with E-state index < -0.39 is 40.5 Å². The minimum absolute atomic E-state index is 0.200. The molecule has 0 aliphatic carbocycles. The first-order valence-electron chi connectivity index (χ1n) is 8.37. The van der Waals surface area contributed by atoms with E-state index in [1.807, 2.05) is 0 Å². The zero-order chi connectivity index (χ0) is 22.1. The Labute approximate surface area is 166 Å². The summed E-state index contributed by atoms with van der Waals surface area (Å²) in [5.74, 6) is -0.589. The molecule has 1 heterocycles. The molecule has 0 aliphatic heterocycles. The van der Waals surface area contributed by atoms with Crippen LogP contribution in [0.4, 0.5) is 24.5 Å². The van der Waals surface area contributed by atoms with Crippen LogP contribution in [0.3, 0.4) is 0 Å². The van der Waals surface area contributed by atoms with Crippen molar-refractivity contribution in [2.45, 2.75) is 13.1 Å². The lowest BCUT2D eigenvalue weighted by molar-refractivity contribution is -0.388. The predicted octanol–water partition coefficient (Wildman–Crippen LogP) is 4.05. The van der Waals surface area contributed by atoms with Gasteiger partial charge in [0.2, 0.25) is 0 Å². The van der Waals surface area contributed by atoms with Crippen LogP contribution in [0.2, 0.25) is 0 Å². The first-order valence-corrected chi connectivity index (χ1v) is 8.37. The molecule has 1 amide bonds. The van der Waals surface area contributed by atoms with Crippen LogP contribution in [0.5, 0.6) is 5.75 Å². The molecule has 156 valence electrons. The van der Waals surface area contributed by atoms with Crippen LogP contribution in [0.25, 0.3) is 11.0 Å². The number of fused-ring (bicyclic) bond motifs is 1. The Morgan fingerprint density at radius 1 is 1.20 bits per heavy atom. The fourth-order valence-electron chi connectivity index (χ4n) is 2.74. The molecule has 0 spiro atoms. The lowest BCUT2D eigenvalue weighted by atomic mass is 10.1. The molecule has 2 aromatic carbocycles. The monoisotopic (exact) mass is 422 g/mol. The predicted molar refractivity (Wildman–Crippen MR) is 99.4 cm³/mol. The van der Waals surface area contributed by atoms with E-state index in [4.69, 9.17) is 9.15 Å². The van der Waals surface area contributed by atoms with E-state index in [1.54, 1.807) is 13.0 Å². The van der Waals surface area contributed by atoms with Crippen LogP contribution < -0.4 is 15.7 Å². The van der Waals surface area contributed by atoms with Gasteiger partial charge in [0, 0.05) is 29.3 Å². The highest BCUT2D eigenvalue weighted by atomic mass is 19.4. The van der Waals surface area contributed by atoms with Gasteiger partial charge >= 0.3 is 11.8 Å². The molecule has 30 heavy (non-hydrogen) atoms. The number of ether oxygens (including phenoxy) is 1. The Hall–Kier alpha value is -3.89. The first kappa shape index (κ1) is 20.8. The highest BCUT2D eigenvalue weighted by molar-refractivity contribution is 5.92. The van der Waals surface area contributed by atoms with Crippen LogP contribution >= 0.6 is 0 Å². The average molecular weight is 422 g/mol. The van der Waals surface area contributed by atoms with E-state index in [1.165, 1.54) is 18.2 Å². The Morgan fingerprint density at radius 2 is 1.93 bits per heavy atom. The summed E-state index contributed by atoms with van der Waals surface area (Å²) >= 11 is 0. The van der Waals surface area contributed by atoms with E-state index in [2.05, 4.69) is 5.32 Å². The Morgan fingerprint density at radius 3 is 2.60 bits per heavy atom. The highest BCUT2D eigenvalue weighted by Gasteiger charge is 2.38. The summed E-state index contributed by atoms with van der Waals surface area (Å²) in [5, 5.41) is 13.6. The molecule has 0 radical (unpaired) electrons. The molecule has 1 N–H and O–H groups in total.